The number of nitrogens with two attached hydrogens (primary N) is 1. The molecule has 0 amide bonds. The number of thiol groups is 1. The minimum Gasteiger partial charge on any atom is -0.368 e. The molecule has 2 aromatic rings. The fraction of sp³-hybridized carbons (Fsp3) is 0.200. The normalized spacial score (nSPS) is 10.7. The Labute approximate surface area is 108 Å². The lowest BCUT2D eigenvalue weighted by Crippen LogP contribution is -2.02. The molecule has 0 saturated heterocycles. The Morgan fingerprint density at radius 3 is 2.71 bits per heavy atom. The quantitative estimate of drug-likeness (QED) is 0.659. The molecular formula is C10H11FN4S2. The van der Waals surface area contributed by atoms with Crippen molar-refractivity contribution in [2.24, 2.45) is 0 Å². The average Bonchev–Trinajstić information content (AvgIpc) is 2.69. The first-order chi connectivity index (χ1) is 8.20. The van der Waals surface area contributed by atoms with Gasteiger partial charge in [0.1, 0.15) is 5.82 Å². The highest BCUT2D eigenvalue weighted by atomic mass is 32.2. The summed E-state index contributed by atoms with van der Waals surface area (Å²) in [6, 6.07) is 5.93. The molecule has 0 bridgehead atoms. The topological polar surface area (TPSA) is 56.7 Å². The number of nitrogen functional groups attached to an aromatic ring is 1. The van der Waals surface area contributed by atoms with Crippen LogP contribution in [0.2, 0.25) is 0 Å². The second kappa shape index (κ2) is 5.42. The Morgan fingerprint density at radius 1 is 1.35 bits per heavy atom. The van der Waals surface area contributed by atoms with Gasteiger partial charge in [0.2, 0.25) is 11.1 Å². The lowest BCUT2D eigenvalue weighted by Gasteiger charge is -2.01. The number of hydrogen-bond donors (Lipinski definition) is 2. The van der Waals surface area contributed by atoms with Gasteiger partial charge >= 0.3 is 0 Å². The fourth-order valence-corrected chi connectivity index (χ4v) is 2.12. The maximum absolute atomic E-state index is 12.8. The summed E-state index contributed by atoms with van der Waals surface area (Å²) in [5.74, 6) is 1.56. The molecular weight excluding hydrogens is 259 g/mol. The molecule has 0 unspecified atom stereocenters. The minimum atomic E-state index is -0.294. The van der Waals surface area contributed by atoms with E-state index in [1.165, 1.54) is 28.6 Å². The van der Waals surface area contributed by atoms with Gasteiger partial charge in [0.25, 0.3) is 0 Å². The molecule has 1 aromatic carbocycles. The smallest absolute Gasteiger partial charge is 0.224 e. The zero-order valence-corrected chi connectivity index (χ0v) is 10.6. The molecule has 0 aliphatic heterocycles. The molecule has 1 heterocycles. The van der Waals surface area contributed by atoms with E-state index in [1.807, 2.05) is 0 Å². The van der Waals surface area contributed by atoms with Crippen molar-refractivity contribution in [2.45, 2.75) is 5.16 Å². The van der Waals surface area contributed by atoms with Gasteiger partial charge in [-0.3, -0.25) is 0 Å². The molecule has 2 N–H and O–H groups in total. The van der Waals surface area contributed by atoms with Crippen molar-refractivity contribution in [3.05, 3.63) is 30.1 Å². The van der Waals surface area contributed by atoms with E-state index in [9.17, 15) is 4.39 Å². The number of rotatable bonds is 4. The van der Waals surface area contributed by atoms with Gasteiger partial charge in [0.15, 0.2) is 0 Å². The molecule has 2 rings (SSSR count). The van der Waals surface area contributed by atoms with Crippen LogP contribution in [-0.2, 0) is 0 Å². The summed E-state index contributed by atoms with van der Waals surface area (Å²) in [7, 11) is 0. The highest BCUT2D eigenvalue weighted by Gasteiger charge is 2.08. The van der Waals surface area contributed by atoms with Crippen molar-refractivity contribution >= 4 is 30.3 Å². The SMILES string of the molecule is Nc1nc(SCCS)nn1-c1ccc(F)cc1. The Balaban J connectivity index is 2.26. The molecule has 0 aliphatic carbocycles. The molecule has 0 aliphatic rings. The summed E-state index contributed by atoms with van der Waals surface area (Å²) >= 11 is 5.59. The van der Waals surface area contributed by atoms with Crippen LogP contribution < -0.4 is 5.73 Å². The number of benzene rings is 1. The van der Waals surface area contributed by atoms with Gasteiger partial charge in [0.05, 0.1) is 5.69 Å². The number of hydrogen-bond acceptors (Lipinski definition) is 5. The van der Waals surface area contributed by atoms with Crippen LogP contribution >= 0.6 is 24.4 Å². The van der Waals surface area contributed by atoms with Gasteiger partial charge in [-0.15, -0.1) is 5.10 Å². The van der Waals surface area contributed by atoms with Crippen LogP contribution in [0.3, 0.4) is 0 Å². The number of aromatic nitrogens is 3. The van der Waals surface area contributed by atoms with Gasteiger partial charge in [-0.2, -0.15) is 22.3 Å². The lowest BCUT2D eigenvalue weighted by atomic mass is 10.3. The van der Waals surface area contributed by atoms with E-state index in [4.69, 9.17) is 5.73 Å². The fourth-order valence-electron chi connectivity index (χ4n) is 1.27. The monoisotopic (exact) mass is 270 g/mol. The van der Waals surface area contributed by atoms with Gasteiger partial charge < -0.3 is 5.73 Å². The predicted octanol–water partition coefficient (Wildman–Crippen LogP) is 2.01. The lowest BCUT2D eigenvalue weighted by molar-refractivity contribution is 0.627. The summed E-state index contributed by atoms with van der Waals surface area (Å²) in [6.45, 7) is 0. The van der Waals surface area contributed by atoms with E-state index in [0.29, 0.717) is 16.8 Å². The molecule has 90 valence electrons. The van der Waals surface area contributed by atoms with Crippen LogP contribution in [0.25, 0.3) is 5.69 Å². The van der Waals surface area contributed by atoms with E-state index >= 15 is 0 Å². The standard InChI is InChI=1S/C10H11FN4S2/c11-7-1-3-8(4-2-7)15-9(12)13-10(14-15)17-6-5-16/h1-4,16H,5-6H2,(H2,12,13,14). The predicted molar refractivity (Wildman–Crippen MR) is 70.3 cm³/mol. The van der Waals surface area contributed by atoms with Crippen molar-refractivity contribution in [2.75, 3.05) is 17.2 Å². The third-order valence-electron chi connectivity index (χ3n) is 2.01. The van der Waals surface area contributed by atoms with Gasteiger partial charge in [-0.05, 0) is 30.0 Å². The Morgan fingerprint density at radius 2 is 2.06 bits per heavy atom. The minimum absolute atomic E-state index is 0.290. The third kappa shape index (κ3) is 2.92. The third-order valence-corrected chi connectivity index (χ3v) is 3.37. The number of anilines is 1. The number of halogens is 1. The van der Waals surface area contributed by atoms with Crippen LogP contribution in [0.15, 0.2) is 29.4 Å². The zero-order valence-electron chi connectivity index (χ0n) is 8.88. The average molecular weight is 270 g/mol. The first-order valence-electron chi connectivity index (χ1n) is 4.93. The van der Waals surface area contributed by atoms with Crippen LogP contribution in [-0.4, -0.2) is 26.3 Å². The van der Waals surface area contributed by atoms with E-state index in [-0.39, 0.29) is 5.82 Å². The van der Waals surface area contributed by atoms with Crippen LogP contribution in [0.1, 0.15) is 0 Å². The second-order valence-corrected chi connectivity index (χ2v) is 4.72. The molecule has 0 spiro atoms. The van der Waals surface area contributed by atoms with Gasteiger partial charge in [-0.25, -0.2) is 4.39 Å². The van der Waals surface area contributed by atoms with Crippen molar-refractivity contribution in [3.63, 3.8) is 0 Å². The van der Waals surface area contributed by atoms with Crippen LogP contribution in [0.4, 0.5) is 10.3 Å². The molecule has 17 heavy (non-hydrogen) atoms. The maximum atomic E-state index is 12.8. The molecule has 1 aromatic heterocycles. The zero-order chi connectivity index (χ0) is 12.3. The second-order valence-electron chi connectivity index (χ2n) is 3.21. The highest BCUT2D eigenvalue weighted by Crippen LogP contribution is 2.18. The molecule has 7 heteroatoms. The summed E-state index contributed by atoms with van der Waals surface area (Å²) in [5.41, 5.74) is 6.44. The number of nitrogens with zero attached hydrogens (tertiary/aromatic N) is 3. The van der Waals surface area contributed by atoms with Crippen molar-refractivity contribution in [1.82, 2.24) is 14.8 Å². The highest BCUT2D eigenvalue weighted by molar-refractivity contribution is 7.99. The number of thioether (sulfide) groups is 1. The largest absolute Gasteiger partial charge is 0.368 e. The van der Waals surface area contributed by atoms with Crippen LogP contribution in [0.5, 0.6) is 0 Å². The van der Waals surface area contributed by atoms with Crippen LogP contribution in [0, 0.1) is 5.82 Å². The van der Waals surface area contributed by atoms with Crippen molar-refractivity contribution in [1.29, 1.82) is 0 Å². The molecule has 0 fully saturated rings. The van der Waals surface area contributed by atoms with E-state index < -0.39 is 0 Å². The van der Waals surface area contributed by atoms with Crippen molar-refractivity contribution < 1.29 is 4.39 Å². The summed E-state index contributed by atoms with van der Waals surface area (Å²) in [4.78, 5) is 4.11. The van der Waals surface area contributed by atoms with Crippen molar-refractivity contribution in [3.8, 4) is 5.69 Å². The van der Waals surface area contributed by atoms with E-state index in [1.54, 1.807) is 12.1 Å². The maximum Gasteiger partial charge on any atom is 0.224 e. The summed E-state index contributed by atoms with van der Waals surface area (Å²) in [5, 5.41) is 4.83. The van der Waals surface area contributed by atoms with E-state index in [0.717, 1.165) is 11.5 Å². The Bertz CT molecular complexity index is 498. The van der Waals surface area contributed by atoms with Gasteiger partial charge in [-0.1, -0.05) is 11.8 Å². The summed E-state index contributed by atoms with van der Waals surface area (Å²) < 4.78 is 14.3. The Hall–Kier alpha value is -1.21. The first kappa shape index (κ1) is 12.3. The first-order valence-corrected chi connectivity index (χ1v) is 6.54. The molecule has 0 atom stereocenters. The van der Waals surface area contributed by atoms with Gasteiger partial charge in [0, 0.05) is 5.75 Å². The molecule has 0 radical (unpaired) electrons. The summed E-state index contributed by atoms with van der Waals surface area (Å²) in [6.07, 6.45) is 0. The Kier molecular flexibility index (Phi) is 3.90. The molecule has 4 nitrogen and oxygen atoms in total. The van der Waals surface area contributed by atoms with E-state index in [2.05, 4.69) is 22.7 Å². The molecule has 0 saturated carbocycles.